The molecule has 15 aromatic carbocycles. The highest BCUT2D eigenvalue weighted by atomic mass is 15.1. The van der Waals surface area contributed by atoms with Crippen molar-refractivity contribution in [2.24, 2.45) is 0 Å². The van der Waals surface area contributed by atoms with E-state index in [2.05, 4.69) is 319 Å². The van der Waals surface area contributed by atoms with E-state index in [1.807, 2.05) is 91.0 Å². The molecule has 524 valence electrons. The molecule has 0 bridgehead atoms. The van der Waals surface area contributed by atoms with Gasteiger partial charge in [-0.15, -0.1) is 0 Å². The number of benzene rings is 15. The summed E-state index contributed by atoms with van der Waals surface area (Å²) in [7, 11) is 0. The van der Waals surface area contributed by atoms with Crippen LogP contribution in [0.2, 0.25) is 0 Å². The van der Waals surface area contributed by atoms with Gasteiger partial charge < -0.3 is 0 Å². The molecule has 10 nitrogen and oxygen atoms in total. The molecular weight excluding hydrogens is 1370 g/mol. The van der Waals surface area contributed by atoms with Crippen molar-refractivity contribution >= 4 is 65.2 Å². The van der Waals surface area contributed by atoms with Crippen LogP contribution in [0.1, 0.15) is 0 Å². The van der Waals surface area contributed by atoms with E-state index in [1.54, 1.807) is 0 Å². The summed E-state index contributed by atoms with van der Waals surface area (Å²) in [5.74, 6) is 4.95. The molecule has 0 radical (unpaired) electrons. The maximum Gasteiger partial charge on any atom is 0.182 e. The first-order chi connectivity index (χ1) is 55.5. The van der Waals surface area contributed by atoms with Crippen LogP contribution in [0.4, 0.5) is 0 Å². The van der Waals surface area contributed by atoms with E-state index in [9.17, 15) is 0 Å². The minimum atomic E-state index is 0.504. The molecule has 21 aromatic rings. The zero-order valence-corrected chi connectivity index (χ0v) is 60.6. The minimum absolute atomic E-state index is 0.504. The summed E-state index contributed by atoms with van der Waals surface area (Å²) in [5.41, 5.74) is 20.8. The predicted molar refractivity (Wildman–Crippen MR) is 459 cm³/mol. The van der Waals surface area contributed by atoms with Crippen LogP contribution in [-0.4, -0.2) is 49.0 Å². The maximum absolute atomic E-state index is 5.40. The van der Waals surface area contributed by atoms with Gasteiger partial charge in [0.05, 0.1) is 22.1 Å². The third kappa shape index (κ3) is 12.5. The number of pyridine rings is 2. The summed E-state index contributed by atoms with van der Waals surface area (Å²) in [6, 6.07) is 139. The van der Waals surface area contributed by atoms with Gasteiger partial charge in [-0.05, 0) is 126 Å². The van der Waals surface area contributed by atoms with Crippen LogP contribution in [0.25, 0.3) is 201 Å². The van der Waals surface area contributed by atoms with Crippen molar-refractivity contribution in [1.29, 1.82) is 0 Å². The van der Waals surface area contributed by atoms with Crippen molar-refractivity contribution in [1.82, 2.24) is 49.0 Å². The standard InChI is InChI=1S/C54H35N5.C48H31N5/c1-5-16-36(17-6-1)38-28-30-41(31-29-38)53-56-52(40-22-11-4-12-23-40)57-54(58-53)47-26-15-27-50(55-47)59-48-34-42(37-18-7-2-8-19-37)32-33-45(48)51-44-25-14-13-24-43(44)46(35-49(51)59)39-20-9-3-10-21-39;1-4-13-32(14-5-1)34-23-25-37(26-24-34)47-50-46(36-18-8-3-9-19-36)51-48(52-47)41-21-12-22-44(49-41)53-42-30-28-35-17-10-11-20-39(35)45(42)40-29-27-38(31-43(40)53)33-15-6-2-7-16-33/h1-35H;1-31H. The Bertz CT molecular complexity index is 7060. The Balaban J connectivity index is 0.000000147. The second kappa shape index (κ2) is 28.8. The lowest BCUT2D eigenvalue weighted by atomic mass is 9.94. The topological polar surface area (TPSA) is 113 Å². The quantitative estimate of drug-likeness (QED) is 0.112. The molecule has 10 heteroatoms. The van der Waals surface area contributed by atoms with Gasteiger partial charge in [0, 0.05) is 43.8 Å². The average Bonchev–Trinajstić information content (AvgIpc) is 1.56. The molecule has 112 heavy (non-hydrogen) atoms. The van der Waals surface area contributed by atoms with Crippen LogP contribution < -0.4 is 0 Å². The highest BCUT2D eigenvalue weighted by Gasteiger charge is 2.24. The Labute approximate surface area is 646 Å². The minimum Gasteiger partial charge on any atom is -0.294 e. The Kier molecular flexibility index (Phi) is 17.0. The highest BCUT2D eigenvalue weighted by Crippen LogP contribution is 2.44. The van der Waals surface area contributed by atoms with Crippen LogP contribution in [0.5, 0.6) is 0 Å². The fourth-order valence-corrected chi connectivity index (χ4v) is 15.5. The first-order valence-corrected chi connectivity index (χ1v) is 37.5. The van der Waals surface area contributed by atoms with Crippen LogP contribution >= 0.6 is 0 Å². The maximum atomic E-state index is 5.40. The summed E-state index contributed by atoms with van der Waals surface area (Å²) in [6.45, 7) is 0. The van der Waals surface area contributed by atoms with E-state index >= 15 is 0 Å². The highest BCUT2D eigenvalue weighted by molar-refractivity contribution is 6.25. The van der Waals surface area contributed by atoms with Crippen molar-refractivity contribution in [2.45, 2.75) is 0 Å². The summed E-state index contributed by atoms with van der Waals surface area (Å²) >= 11 is 0. The van der Waals surface area contributed by atoms with Gasteiger partial charge in [0.2, 0.25) is 0 Å². The number of fused-ring (bicyclic) bond motifs is 10. The molecule has 0 fully saturated rings. The SMILES string of the molecule is c1ccc(-c2ccc(-c3nc(-c4ccccc4)nc(-c4cccc(-n5c6cc(-c7ccccc7)ccc6c6c7ccccc7c(-c7ccccc7)cc65)n4)n3)cc2)cc1.c1ccc(-c2ccc(-c3nc(-c4ccccc4)nc(-c4cccc(-n5c6cc(-c7ccccc7)ccc6c6c7ccccc7ccc65)n4)n3)cc2)cc1. The molecule has 21 rings (SSSR count). The average molecular weight is 1430 g/mol. The zero-order chi connectivity index (χ0) is 74.3. The lowest BCUT2D eigenvalue weighted by molar-refractivity contribution is 1.03. The largest absolute Gasteiger partial charge is 0.294 e. The van der Waals surface area contributed by atoms with Gasteiger partial charge in [-0.1, -0.05) is 352 Å². The fourth-order valence-electron chi connectivity index (χ4n) is 15.5. The molecule has 0 atom stereocenters. The molecule has 0 saturated heterocycles. The predicted octanol–water partition coefficient (Wildman–Crippen LogP) is 25.4. The van der Waals surface area contributed by atoms with E-state index in [0.29, 0.717) is 46.3 Å². The molecule has 6 aromatic heterocycles. The summed E-state index contributed by atoms with van der Waals surface area (Å²) in [6.07, 6.45) is 0. The molecule has 0 unspecified atom stereocenters. The first kappa shape index (κ1) is 66.2. The van der Waals surface area contributed by atoms with Gasteiger partial charge in [-0.2, -0.15) is 0 Å². The lowest BCUT2D eigenvalue weighted by Crippen LogP contribution is -2.03. The molecule has 0 N–H and O–H groups in total. The third-order valence-electron chi connectivity index (χ3n) is 20.9. The molecule has 0 aliphatic heterocycles. The van der Waals surface area contributed by atoms with E-state index in [-0.39, 0.29) is 0 Å². The summed E-state index contributed by atoms with van der Waals surface area (Å²) in [4.78, 5) is 40.9. The smallest absolute Gasteiger partial charge is 0.182 e. The number of aromatic nitrogens is 10. The lowest BCUT2D eigenvalue weighted by Gasteiger charge is -2.13. The van der Waals surface area contributed by atoms with Crippen molar-refractivity contribution in [2.75, 3.05) is 0 Å². The molecule has 6 heterocycles. The van der Waals surface area contributed by atoms with Crippen LogP contribution in [0.3, 0.4) is 0 Å². The van der Waals surface area contributed by atoms with Gasteiger partial charge in [0.25, 0.3) is 0 Å². The van der Waals surface area contributed by atoms with Crippen LogP contribution in [-0.2, 0) is 0 Å². The summed E-state index contributed by atoms with van der Waals surface area (Å²) in [5, 5.41) is 9.56. The van der Waals surface area contributed by atoms with Gasteiger partial charge in [0.15, 0.2) is 34.9 Å². The molecular formula is C102H66N10. The number of nitrogens with zero attached hydrogens (tertiary/aromatic N) is 10. The monoisotopic (exact) mass is 1430 g/mol. The second-order valence-corrected chi connectivity index (χ2v) is 27.8. The van der Waals surface area contributed by atoms with Crippen molar-refractivity contribution in [3.05, 3.63) is 400 Å². The van der Waals surface area contributed by atoms with Crippen LogP contribution in [0, 0.1) is 0 Å². The third-order valence-corrected chi connectivity index (χ3v) is 20.9. The Morgan fingerprint density at radius 3 is 0.911 bits per heavy atom. The number of hydrogen-bond acceptors (Lipinski definition) is 8. The second-order valence-electron chi connectivity index (χ2n) is 27.8. The molecule has 0 saturated carbocycles. The van der Waals surface area contributed by atoms with Crippen molar-refractivity contribution in [3.8, 4) is 136 Å². The Morgan fingerprint density at radius 2 is 0.473 bits per heavy atom. The van der Waals surface area contributed by atoms with E-state index < -0.39 is 0 Å². The molecule has 0 spiro atoms. The number of rotatable bonds is 13. The van der Waals surface area contributed by atoms with Crippen molar-refractivity contribution in [3.63, 3.8) is 0 Å². The Morgan fingerprint density at radius 1 is 0.161 bits per heavy atom. The molecule has 0 aliphatic rings. The van der Waals surface area contributed by atoms with E-state index in [4.69, 9.17) is 39.9 Å². The Hall–Kier alpha value is -15.3. The van der Waals surface area contributed by atoms with Crippen molar-refractivity contribution < 1.29 is 0 Å². The molecule has 0 aliphatic carbocycles. The van der Waals surface area contributed by atoms with Gasteiger partial charge in [-0.25, -0.2) is 39.9 Å². The van der Waals surface area contributed by atoms with Crippen LogP contribution in [0.15, 0.2) is 400 Å². The van der Waals surface area contributed by atoms with Gasteiger partial charge >= 0.3 is 0 Å². The zero-order valence-electron chi connectivity index (χ0n) is 60.6. The summed E-state index contributed by atoms with van der Waals surface area (Å²) < 4.78 is 4.58. The van der Waals surface area contributed by atoms with Gasteiger partial charge in [0.1, 0.15) is 23.0 Å². The van der Waals surface area contributed by atoms with Gasteiger partial charge in [-0.3, -0.25) is 9.13 Å². The molecule has 0 amide bonds. The van der Waals surface area contributed by atoms with E-state index in [1.165, 1.54) is 48.8 Å². The van der Waals surface area contributed by atoms with E-state index in [0.717, 1.165) is 106 Å². The first-order valence-electron chi connectivity index (χ1n) is 37.5. The normalized spacial score (nSPS) is 11.4. The number of hydrogen-bond donors (Lipinski definition) is 0. The fraction of sp³-hybridized carbons (Fsp3) is 0.